The van der Waals surface area contributed by atoms with Crippen molar-refractivity contribution < 1.29 is 9.13 Å². The van der Waals surface area contributed by atoms with Crippen LogP contribution in [0.3, 0.4) is 0 Å². The van der Waals surface area contributed by atoms with E-state index in [0.717, 1.165) is 23.3 Å². The van der Waals surface area contributed by atoms with E-state index >= 15 is 0 Å². The van der Waals surface area contributed by atoms with E-state index in [1.807, 2.05) is 18.2 Å². The van der Waals surface area contributed by atoms with Gasteiger partial charge in [-0.25, -0.2) is 4.39 Å². The maximum atomic E-state index is 14.3. The minimum atomic E-state index is -0.270. The van der Waals surface area contributed by atoms with Gasteiger partial charge in [-0.05, 0) is 30.2 Å². The summed E-state index contributed by atoms with van der Waals surface area (Å²) in [7, 11) is 0. The van der Waals surface area contributed by atoms with Crippen LogP contribution in [0.2, 0.25) is 5.02 Å². The Labute approximate surface area is 130 Å². The van der Waals surface area contributed by atoms with E-state index in [1.54, 1.807) is 19.1 Å². The van der Waals surface area contributed by atoms with E-state index in [9.17, 15) is 4.39 Å². The summed E-state index contributed by atoms with van der Waals surface area (Å²) in [6.07, 6.45) is 0.846. The standard InChI is InChI=1S/C16H13BrClFO/c1-9-3-2-4-12(15(9)19)14(17)13-8-11(18)7-10-5-6-20-16(10)13/h2-4,7-8,14H,5-6H2,1H3. The molecule has 0 fully saturated rings. The number of ether oxygens (including phenoxy) is 1. The van der Waals surface area contributed by atoms with Gasteiger partial charge in [0.15, 0.2) is 0 Å². The molecular formula is C16H13BrClFO. The van der Waals surface area contributed by atoms with E-state index in [1.165, 1.54) is 0 Å². The summed E-state index contributed by atoms with van der Waals surface area (Å²) in [6, 6.07) is 9.15. The summed E-state index contributed by atoms with van der Waals surface area (Å²) in [4.78, 5) is -0.270. The molecule has 0 bridgehead atoms. The number of rotatable bonds is 2. The number of halogens is 3. The fraction of sp³-hybridized carbons (Fsp3) is 0.250. The lowest BCUT2D eigenvalue weighted by atomic mass is 9.99. The first kappa shape index (κ1) is 13.9. The summed E-state index contributed by atoms with van der Waals surface area (Å²) in [6.45, 7) is 2.41. The molecule has 20 heavy (non-hydrogen) atoms. The molecule has 1 unspecified atom stereocenters. The molecule has 0 saturated heterocycles. The SMILES string of the molecule is Cc1cccc(C(Br)c2cc(Cl)cc3c2OCC3)c1F. The lowest BCUT2D eigenvalue weighted by Gasteiger charge is -2.16. The fourth-order valence-corrected chi connectivity index (χ4v) is 3.46. The van der Waals surface area contributed by atoms with E-state index < -0.39 is 0 Å². The molecule has 1 nitrogen and oxygen atoms in total. The van der Waals surface area contributed by atoms with Gasteiger partial charge in [-0.15, -0.1) is 0 Å². The predicted molar refractivity (Wildman–Crippen MR) is 82.6 cm³/mol. The normalized spacial score (nSPS) is 14.8. The van der Waals surface area contributed by atoms with Crippen LogP contribution in [-0.4, -0.2) is 6.61 Å². The summed E-state index contributed by atoms with van der Waals surface area (Å²) >= 11 is 9.75. The molecule has 0 aliphatic carbocycles. The molecule has 0 aromatic heterocycles. The van der Waals surface area contributed by atoms with Gasteiger partial charge in [0.2, 0.25) is 0 Å². The Morgan fingerprint density at radius 1 is 1.30 bits per heavy atom. The molecule has 0 spiro atoms. The molecule has 0 radical (unpaired) electrons. The van der Waals surface area contributed by atoms with Crippen molar-refractivity contribution in [3.8, 4) is 5.75 Å². The second kappa shape index (κ2) is 5.38. The second-order valence-corrected chi connectivity index (χ2v) is 6.27. The highest BCUT2D eigenvalue weighted by atomic mass is 79.9. The quantitative estimate of drug-likeness (QED) is 0.672. The van der Waals surface area contributed by atoms with Crippen LogP contribution in [-0.2, 0) is 6.42 Å². The van der Waals surface area contributed by atoms with Crippen LogP contribution in [0.5, 0.6) is 5.75 Å². The van der Waals surface area contributed by atoms with Crippen LogP contribution in [0.4, 0.5) is 4.39 Å². The smallest absolute Gasteiger partial charge is 0.130 e. The first-order valence-corrected chi connectivity index (χ1v) is 7.71. The molecule has 0 amide bonds. The summed E-state index contributed by atoms with van der Waals surface area (Å²) in [5.74, 6) is 0.637. The fourth-order valence-electron chi connectivity index (χ4n) is 2.52. The molecule has 0 saturated carbocycles. The highest BCUT2D eigenvalue weighted by Gasteiger charge is 2.25. The lowest BCUT2D eigenvalue weighted by Crippen LogP contribution is -2.01. The Kier molecular flexibility index (Phi) is 3.74. The first-order chi connectivity index (χ1) is 9.58. The van der Waals surface area contributed by atoms with Crippen molar-refractivity contribution in [1.82, 2.24) is 0 Å². The molecule has 1 atom stereocenters. The molecule has 3 rings (SSSR count). The molecule has 104 valence electrons. The molecule has 2 aromatic carbocycles. The third-order valence-electron chi connectivity index (χ3n) is 3.54. The summed E-state index contributed by atoms with van der Waals surface area (Å²) in [5.41, 5.74) is 3.20. The zero-order valence-electron chi connectivity index (χ0n) is 10.9. The van der Waals surface area contributed by atoms with Crippen molar-refractivity contribution >= 4 is 27.5 Å². The number of benzene rings is 2. The third-order valence-corrected chi connectivity index (χ3v) is 4.75. The minimum absolute atomic E-state index is 0.193. The Balaban J connectivity index is 2.11. The van der Waals surface area contributed by atoms with Crippen molar-refractivity contribution in [2.45, 2.75) is 18.2 Å². The van der Waals surface area contributed by atoms with Crippen molar-refractivity contribution in [1.29, 1.82) is 0 Å². The van der Waals surface area contributed by atoms with Gasteiger partial charge in [-0.3, -0.25) is 0 Å². The number of hydrogen-bond acceptors (Lipinski definition) is 1. The number of hydrogen-bond donors (Lipinski definition) is 0. The van der Waals surface area contributed by atoms with Gasteiger partial charge in [0, 0.05) is 22.6 Å². The Morgan fingerprint density at radius 3 is 2.90 bits per heavy atom. The maximum absolute atomic E-state index is 14.3. The average molecular weight is 356 g/mol. The minimum Gasteiger partial charge on any atom is -0.493 e. The predicted octanol–water partition coefficient (Wildman–Crippen LogP) is 5.21. The lowest BCUT2D eigenvalue weighted by molar-refractivity contribution is 0.354. The number of alkyl halides is 1. The van der Waals surface area contributed by atoms with Gasteiger partial charge >= 0.3 is 0 Å². The monoisotopic (exact) mass is 354 g/mol. The molecule has 1 heterocycles. The van der Waals surface area contributed by atoms with Crippen molar-refractivity contribution in [2.24, 2.45) is 0 Å². The van der Waals surface area contributed by atoms with E-state index in [0.29, 0.717) is 22.8 Å². The average Bonchev–Trinajstić information content (AvgIpc) is 2.88. The van der Waals surface area contributed by atoms with Crippen molar-refractivity contribution in [3.63, 3.8) is 0 Å². The third kappa shape index (κ3) is 2.33. The van der Waals surface area contributed by atoms with E-state index in [4.69, 9.17) is 16.3 Å². The summed E-state index contributed by atoms with van der Waals surface area (Å²) < 4.78 is 20.0. The molecule has 1 aliphatic rings. The van der Waals surface area contributed by atoms with Crippen LogP contribution in [0, 0.1) is 12.7 Å². The van der Waals surface area contributed by atoms with Gasteiger partial charge in [0.25, 0.3) is 0 Å². The highest BCUT2D eigenvalue weighted by molar-refractivity contribution is 9.09. The van der Waals surface area contributed by atoms with Crippen LogP contribution in [0.25, 0.3) is 0 Å². The van der Waals surface area contributed by atoms with Crippen molar-refractivity contribution in [2.75, 3.05) is 6.61 Å². The van der Waals surface area contributed by atoms with Crippen molar-refractivity contribution in [3.05, 3.63) is 63.4 Å². The first-order valence-electron chi connectivity index (χ1n) is 6.42. The number of fused-ring (bicyclic) bond motifs is 1. The topological polar surface area (TPSA) is 9.23 Å². The molecule has 0 N–H and O–H groups in total. The number of aryl methyl sites for hydroxylation is 1. The Hall–Kier alpha value is -1.06. The van der Waals surface area contributed by atoms with Gasteiger partial charge in [-0.2, -0.15) is 0 Å². The van der Waals surface area contributed by atoms with Gasteiger partial charge in [-0.1, -0.05) is 45.7 Å². The largest absolute Gasteiger partial charge is 0.493 e. The van der Waals surface area contributed by atoms with Crippen LogP contribution in [0.15, 0.2) is 30.3 Å². The van der Waals surface area contributed by atoms with Crippen LogP contribution < -0.4 is 4.74 Å². The molecule has 2 aromatic rings. The van der Waals surface area contributed by atoms with Crippen LogP contribution in [0.1, 0.15) is 27.1 Å². The Morgan fingerprint density at radius 2 is 2.10 bits per heavy atom. The molecular weight excluding hydrogens is 343 g/mol. The zero-order chi connectivity index (χ0) is 14.3. The summed E-state index contributed by atoms with van der Waals surface area (Å²) in [5, 5.41) is 0.654. The second-order valence-electron chi connectivity index (χ2n) is 4.92. The van der Waals surface area contributed by atoms with Gasteiger partial charge in [0.05, 0.1) is 11.4 Å². The van der Waals surface area contributed by atoms with Gasteiger partial charge in [0.1, 0.15) is 11.6 Å². The zero-order valence-corrected chi connectivity index (χ0v) is 13.3. The molecule has 1 aliphatic heterocycles. The van der Waals surface area contributed by atoms with Gasteiger partial charge < -0.3 is 4.74 Å². The maximum Gasteiger partial charge on any atom is 0.130 e. The van der Waals surface area contributed by atoms with E-state index in [-0.39, 0.29) is 10.6 Å². The van der Waals surface area contributed by atoms with E-state index in [2.05, 4.69) is 15.9 Å². The van der Waals surface area contributed by atoms with Crippen LogP contribution >= 0.6 is 27.5 Å². The molecule has 4 heteroatoms. The highest BCUT2D eigenvalue weighted by Crippen LogP contribution is 2.43. The Bertz CT molecular complexity index is 672.